The maximum atomic E-state index is 11.2. The van der Waals surface area contributed by atoms with Gasteiger partial charge in [0.2, 0.25) is 0 Å². The van der Waals surface area contributed by atoms with Gasteiger partial charge in [-0.2, -0.15) is 5.10 Å². The van der Waals surface area contributed by atoms with Crippen LogP contribution in [0.2, 0.25) is 0 Å². The average molecular weight is 382 g/mol. The van der Waals surface area contributed by atoms with Crippen LogP contribution in [0.3, 0.4) is 0 Å². The first-order chi connectivity index (χ1) is 13.4. The average Bonchev–Trinajstić information content (AvgIpc) is 3.26. The zero-order chi connectivity index (χ0) is 19.9. The molecule has 2 amide bonds. The Hall–Kier alpha value is -3.04. The highest BCUT2D eigenvalue weighted by atomic mass is 16.5. The first kappa shape index (κ1) is 18.3. The molecule has 1 aliphatic heterocycles. The number of methoxy groups -OCH3 is 1. The summed E-state index contributed by atoms with van der Waals surface area (Å²) in [7, 11) is 1.68. The molecule has 9 heteroatoms. The number of carbonyl (C=O) groups excluding carboxylic acids is 1. The van der Waals surface area contributed by atoms with Crippen molar-refractivity contribution < 1.29 is 14.3 Å². The Morgan fingerprint density at radius 1 is 1.36 bits per heavy atom. The molecular formula is C19H22N6O3. The molecule has 1 saturated heterocycles. The van der Waals surface area contributed by atoms with Crippen LogP contribution in [0, 0.1) is 13.8 Å². The van der Waals surface area contributed by atoms with Gasteiger partial charge >= 0.3 is 6.03 Å². The van der Waals surface area contributed by atoms with Crippen molar-refractivity contribution in [1.29, 1.82) is 0 Å². The van der Waals surface area contributed by atoms with Gasteiger partial charge in [0.05, 0.1) is 23.5 Å². The van der Waals surface area contributed by atoms with Crippen molar-refractivity contribution in [3.63, 3.8) is 0 Å². The molecule has 0 unspecified atom stereocenters. The summed E-state index contributed by atoms with van der Waals surface area (Å²) in [4.78, 5) is 20.2. The van der Waals surface area contributed by atoms with Crippen LogP contribution in [-0.4, -0.2) is 46.1 Å². The van der Waals surface area contributed by atoms with Gasteiger partial charge in [0, 0.05) is 37.8 Å². The number of urea groups is 1. The summed E-state index contributed by atoms with van der Waals surface area (Å²) in [6.45, 7) is 5.01. The predicted molar refractivity (Wildman–Crippen MR) is 103 cm³/mol. The van der Waals surface area contributed by atoms with Crippen molar-refractivity contribution in [1.82, 2.24) is 19.7 Å². The van der Waals surface area contributed by atoms with Gasteiger partial charge < -0.3 is 15.2 Å². The number of primary amides is 1. The molecule has 1 atom stereocenters. The van der Waals surface area contributed by atoms with E-state index in [-0.39, 0.29) is 0 Å². The van der Waals surface area contributed by atoms with Crippen molar-refractivity contribution in [2.45, 2.75) is 25.9 Å². The third-order valence-electron chi connectivity index (χ3n) is 5.02. The highest BCUT2D eigenvalue weighted by Crippen LogP contribution is 2.34. The number of nitrogens with one attached hydrogen (secondary N) is 1. The third kappa shape index (κ3) is 3.08. The molecule has 0 aliphatic carbocycles. The number of aryl methyl sites for hydroxylation is 2. The van der Waals surface area contributed by atoms with Crippen LogP contribution in [0.1, 0.15) is 23.4 Å². The van der Waals surface area contributed by atoms with E-state index in [1.807, 2.05) is 26.0 Å². The maximum Gasteiger partial charge on any atom is 0.317 e. The van der Waals surface area contributed by atoms with Gasteiger partial charge in [0.25, 0.3) is 0 Å². The minimum absolute atomic E-state index is 0.353. The lowest BCUT2D eigenvalue weighted by Gasteiger charge is -2.26. The molecule has 0 saturated carbocycles. The van der Waals surface area contributed by atoms with Crippen LogP contribution in [0.5, 0.6) is 0 Å². The molecule has 0 radical (unpaired) electrons. The lowest BCUT2D eigenvalue weighted by Crippen LogP contribution is -2.30. The van der Waals surface area contributed by atoms with E-state index < -0.39 is 11.6 Å². The Balaban J connectivity index is 1.87. The number of hydrogen-bond donors (Lipinski definition) is 2. The number of ether oxygens (including phenoxy) is 2. The van der Waals surface area contributed by atoms with E-state index in [1.54, 1.807) is 24.1 Å². The summed E-state index contributed by atoms with van der Waals surface area (Å²) >= 11 is 0. The Morgan fingerprint density at radius 2 is 2.18 bits per heavy atom. The third-order valence-corrected chi connectivity index (χ3v) is 5.02. The fraction of sp³-hybridized carbons (Fsp3) is 0.368. The molecule has 1 aliphatic rings. The van der Waals surface area contributed by atoms with E-state index in [0.717, 1.165) is 34.3 Å². The molecule has 0 aromatic carbocycles. The smallest absolute Gasteiger partial charge is 0.317 e. The molecule has 0 spiro atoms. The summed E-state index contributed by atoms with van der Waals surface area (Å²) < 4.78 is 13.1. The minimum atomic E-state index is -0.672. The van der Waals surface area contributed by atoms with Crippen LogP contribution in [0.4, 0.5) is 10.6 Å². The number of nitrogens with two attached hydrogens (primary N) is 1. The molecule has 3 N–H and O–H groups in total. The monoisotopic (exact) mass is 382 g/mol. The summed E-state index contributed by atoms with van der Waals surface area (Å²) in [5, 5.41) is 8.00. The molecular weight excluding hydrogens is 360 g/mol. The zero-order valence-electron chi connectivity index (χ0n) is 16.0. The first-order valence-electron chi connectivity index (χ1n) is 8.96. The summed E-state index contributed by atoms with van der Waals surface area (Å²) in [6, 6.07) is 5.03. The molecule has 4 heterocycles. The number of rotatable bonds is 4. The van der Waals surface area contributed by atoms with Crippen molar-refractivity contribution in [2.24, 2.45) is 5.73 Å². The van der Waals surface area contributed by atoms with Crippen molar-refractivity contribution in [2.75, 3.05) is 25.6 Å². The number of nitrogens with zero attached hydrogens (tertiary/aromatic N) is 4. The molecule has 146 valence electrons. The molecule has 3 aromatic heterocycles. The van der Waals surface area contributed by atoms with Gasteiger partial charge in [-0.3, -0.25) is 5.32 Å². The van der Waals surface area contributed by atoms with Crippen LogP contribution in [-0.2, 0) is 15.1 Å². The van der Waals surface area contributed by atoms with Gasteiger partial charge in [0.1, 0.15) is 11.4 Å². The predicted octanol–water partition coefficient (Wildman–Crippen LogP) is 2.18. The Morgan fingerprint density at radius 3 is 2.86 bits per heavy atom. The number of fused-ring (bicyclic) bond motifs is 1. The Labute approximate surface area is 161 Å². The fourth-order valence-electron chi connectivity index (χ4n) is 3.53. The Bertz CT molecular complexity index is 1060. The SMILES string of the molecule is CO[C@@]1(c2cc(C)cc(-n3nc(C)c4cnc(NC(N)=O)cc43)n2)CCOC1. The highest BCUT2D eigenvalue weighted by molar-refractivity contribution is 5.90. The van der Waals surface area contributed by atoms with E-state index >= 15 is 0 Å². The molecule has 28 heavy (non-hydrogen) atoms. The summed E-state index contributed by atoms with van der Waals surface area (Å²) in [6.07, 6.45) is 2.41. The number of hydrogen-bond acceptors (Lipinski definition) is 6. The molecule has 0 bridgehead atoms. The van der Waals surface area contributed by atoms with E-state index in [2.05, 4.69) is 15.4 Å². The van der Waals surface area contributed by atoms with Crippen molar-refractivity contribution in [3.8, 4) is 5.82 Å². The minimum Gasteiger partial charge on any atom is -0.378 e. The fourth-order valence-corrected chi connectivity index (χ4v) is 3.53. The van der Waals surface area contributed by atoms with Gasteiger partial charge in [-0.15, -0.1) is 0 Å². The topological polar surface area (TPSA) is 117 Å². The maximum absolute atomic E-state index is 11.2. The Kier molecular flexibility index (Phi) is 4.48. The second-order valence-corrected chi connectivity index (χ2v) is 6.96. The number of amides is 2. The number of pyridine rings is 2. The van der Waals surface area contributed by atoms with Crippen LogP contribution in [0.25, 0.3) is 16.7 Å². The lowest BCUT2D eigenvalue weighted by molar-refractivity contribution is -0.0246. The van der Waals surface area contributed by atoms with Gasteiger partial charge in [-0.05, 0) is 31.5 Å². The standard InChI is InChI=1S/C19H22N6O3/c1-11-6-15(19(27-3)4-5-28-10-19)22-17(7-11)25-14-8-16(23-18(20)26)21-9-13(14)12(2)24-25/h6-9H,4-5,10H2,1-3H3,(H3,20,21,23,26)/t19-/m0/s1. The normalized spacial score (nSPS) is 19.2. The molecule has 1 fully saturated rings. The second-order valence-electron chi connectivity index (χ2n) is 6.96. The van der Waals surface area contributed by atoms with E-state index in [0.29, 0.717) is 24.8 Å². The van der Waals surface area contributed by atoms with E-state index in [4.69, 9.17) is 20.2 Å². The number of aromatic nitrogens is 4. The summed E-state index contributed by atoms with van der Waals surface area (Å²) in [5.41, 5.74) is 8.09. The largest absolute Gasteiger partial charge is 0.378 e. The summed E-state index contributed by atoms with van der Waals surface area (Å²) in [5.74, 6) is 1.01. The quantitative estimate of drug-likeness (QED) is 0.714. The first-order valence-corrected chi connectivity index (χ1v) is 8.96. The highest BCUT2D eigenvalue weighted by Gasteiger charge is 2.38. The molecule has 3 aromatic rings. The molecule has 4 rings (SSSR count). The van der Waals surface area contributed by atoms with E-state index in [9.17, 15) is 4.79 Å². The van der Waals surface area contributed by atoms with Crippen LogP contribution < -0.4 is 11.1 Å². The van der Waals surface area contributed by atoms with Gasteiger partial charge in [-0.25, -0.2) is 19.4 Å². The number of carbonyl (C=O) groups is 1. The van der Waals surface area contributed by atoms with Gasteiger partial charge in [-0.1, -0.05) is 0 Å². The van der Waals surface area contributed by atoms with Crippen LogP contribution in [0.15, 0.2) is 24.4 Å². The van der Waals surface area contributed by atoms with Crippen molar-refractivity contribution in [3.05, 3.63) is 41.3 Å². The van der Waals surface area contributed by atoms with Crippen molar-refractivity contribution >= 4 is 22.8 Å². The van der Waals surface area contributed by atoms with Crippen LogP contribution >= 0.6 is 0 Å². The van der Waals surface area contributed by atoms with E-state index in [1.165, 1.54) is 0 Å². The zero-order valence-corrected chi connectivity index (χ0v) is 16.0. The van der Waals surface area contributed by atoms with Gasteiger partial charge in [0.15, 0.2) is 5.82 Å². The second kappa shape index (κ2) is 6.84. The number of anilines is 1. The lowest BCUT2D eigenvalue weighted by atomic mass is 9.97. The molecule has 9 nitrogen and oxygen atoms in total.